The summed E-state index contributed by atoms with van der Waals surface area (Å²) in [6, 6.07) is 0.626. The second-order valence-electron chi connectivity index (χ2n) is 6.89. The number of hydrogen-bond donors (Lipinski definition) is 1. The van der Waals surface area contributed by atoms with E-state index in [4.69, 9.17) is 4.74 Å². The molecule has 19 heavy (non-hydrogen) atoms. The number of rotatable bonds is 8. The zero-order valence-electron chi connectivity index (χ0n) is 13.6. The van der Waals surface area contributed by atoms with Crippen LogP contribution in [0.15, 0.2) is 0 Å². The van der Waals surface area contributed by atoms with Crippen LogP contribution >= 0.6 is 0 Å². The molecule has 0 aromatic carbocycles. The first-order chi connectivity index (χ1) is 9.00. The summed E-state index contributed by atoms with van der Waals surface area (Å²) in [5.41, 5.74) is 0. The fourth-order valence-corrected chi connectivity index (χ4v) is 2.91. The molecule has 1 rings (SSSR count). The van der Waals surface area contributed by atoms with Crippen molar-refractivity contribution in [1.82, 2.24) is 10.2 Å². The van der Waals surface area contributed by atoms with Crippen molar-refractivity contribution < 1.29 is 4.74 Å². The number of nitrogens with one attached hydrogen (secondary N) is 1. The van der Waals surface area contributed by atoms with Crippen LogP contribution in [0.1, 0.15) is 40.5 Å². The Bertz CT molecular complexity index is 225. The quantitative estimate of drug-likeness (QED) is 0.734. The van der Waals surface area contributed by atoms with E-state index in [1.54, 1.807) is 0 Å². The molecule has 0 aromatic heterocycles. The first-order valence-corrected chi connectivity index (χ1v) is 7.99. The molecule has 2 unspecified atom stereocenters. The summed E-state index contributed by atoms with van der Waals surface area (Å²) < 4.78 is 5.59. The van der Waals surface area contributed by atoms with Gasteiger partial charge in [0.2, 0.25) is 0 Å². The smallest absolute Gasteiger partial charge is 0.0506 e. The zero-order chi connectivity index (χ0) is 14.3. The summed E-state index contributed by atoms with van der Waals surface area (Å²) in [4.78, 5) is 2.54. The van der Waals surface area contributed by atoms with Crippen molar-refractivity contribution in [2.45, 2.75) is 46.6 Å². The summed E-state index contributed by atoms with van der Waals surface area (Å²) in [5.74, 6) is 2.14. The van der Waals surface area contributed by atoms with Crippen LogP contribution in [0.3, 0.4) is 0 Å². The lowest BCUT2D eigenvalue weighted by Gasteiger charge is -2.35. The maximum absolute atomic E-state index is 5.59. The van der Waals surface area contributed by atoms with E-state index in [2.05, 4.69) is 45.0 Å². The molecule has 0 saturated carbocycles. The Morgan fingerprint density at radius 1 is 1.21 bits per heavy atom. The van der Waals surface area contributed by atoms with Gasteiger partial charge in [-0.05, 0) is 44.2 Å². The fraction of sp³-hybridized carbons (Fsp3) is 1.00. The first-order valence-electron chi connectivity index (χ1n) is 7.99. The predicted molar refractivity (Wildman–Crippen MR) is 82.5 cm³/mol. The highest BCUT2D eigenvalue weighted by Crippen LogP contribution is 2.17. The minimum Gasteiger partial charge on any atom is -0.381 e. The topological polar surface area (TPSA) is 24.5 Å². The zero-order valence-corrected chi connectivity index (χ0v) is 13.6. The SMILES string of the molecule is CC(C)CNCC(C(C)C)N(C)CC1CCCOC1. The van der Waals surface area contributed by atoms with Gasteiger partial charge >= 0.3 is 0 Å². The van der Waals surface area contributed by atoms with E-state index in [-0.39, 0.29) is 0 Å². The van der Waals surface area contributed by atoms with Crippen LogP contribution in [0.5, 0.6) is 0 Å². The number of nitrogens with zero attached hydrogens (tertiary/aromatic N) is 1. The Morgan fingerprint density at radius 3 is 2.47 bits per heavy atom. The van der Waals surface area contributed by atoms with Gasteiger partial charge in [-0.15, -0.1) is 0 Å². The second-order valence-corrected chi connectivity index (χ2v) is 6.89. The minimum absolute atomic E-state index is 0.626. The van der Waals surface area contributed by atoms with Crippen LogP contribution in [0.2, 0.25) is 0 Å². The van der Waals surface area contributed by atoms with E-state index in [0.29, 0.717) is 12.0 Å². The Morgan fingerprint density at radius 2 is 1.95 bits per heavy atom. The summed E-state index contributed by atoms with van der Waals surface area (Å²) >= 11 is 0. The van der Waals surface area contributed by atoms with Crippen LogP contribution in [0.25, 0.3) is 0 Å². The molecule has 0 amide bonds. The van der Waals surface area contributed by atoms with Crippen LogP contribution in [0, 0.1) is 17.8 Å². The van der Waals surface area contributed by atoms with Crippen molar-refractivity contribution in [2.75, 3.05) is 39.9 Å². The molecule has 1 aliphatic rings. The van der Waals surface area contributed by atoms with Crippen molar-refractivity contribution >= 4 is 0 Å². The third-order valence-electron chi connectivity index (χ3n) is 4.04. The van der Waals surface area contributed by atoms with E-state index in [9.17, 15) is 0 Å². The molecule has 1 aliphatic heterocycles. The average Bonchev–Trinajstić information content (AvgIpc) is 2.35. The molecular formula is C16H34N2O. The highest BCUT2D eigenvalue weighted by Gasteiger charge is 2.22. The van der Waals surface area contributed by atoms with E-state index in [1.165, 1.54) is 19.4 Å². The highest BCUT2D eigenvalue weighted by atomic mass is 16.5. The average molecular weight is 270 g/mol. The fourth-order valence-electron chi connectivity index (χ4n) is 2.91. The van der Waals surface area contributed by atoms with Crippen molar-refractivity contribution in [3.8, 4) is 0 Å². The highest BCUT2D eigenvalue weighted by molar-refractivity contribution is 4.78. The molecule has 0 radical (unpaired) electrons. The van der Waals surface area contributed by atoms with Crippen LogP contribution in [-0.2, 0) is 4.74 Å². The van der Waals surface area contributed by atoms with Crippen molar-refractivity contribution in [2.24, 2.45) is 17.8 Å². The molecule has 0 bridgehead atoms. The molecule has 0 spiro atoms. The molecule has 1 fully saturated rings. The van der Waals surface area contributed by atoms with Crippen LogP contribution < -0.4 is 5.32 Å². The summed E-state index contributed by atoms with van der Waals surface area (Å²) in [6.45, 7) is 14.5. The lowest BCUT2D eigenvalue weighted by molar-refractivity contribution is 0.0323. The van der Waals surface area contributed by atoms with Crippen molar-refractivity contribution in [1.29, 1.82) is 0 Å². The van der Waals surface area contributed by atoms with Gasteiger partial charge in [0.25, 0.3) is 0 Å². The Balaban J connectivity index is 2.35. The molecule has 0 aromatic rings. The summed E-state index contributed by atoms with van der Waals surface area (Å²) in [7, 11) is 2.27. The second kappa shape index (κ2) is 8.93. The van der Waals surface area contributed by atoms with Gasteiger partial charge in [-0.2, -0.15) is 0 Å². The molecule has 3 nitrogen and oxygen atoms in total. The first kappa shape index (κ1) is 16.9. The number of ether oxygens (including phenoxy) is 1. The molecule has 1 saturated heterocycles. The van der Waals surface area contributed by atoms with Gasteiger partial charge in [0, 0.05) is 25.7 Å². The Kier molecular flexibility index (Phi) is 7.96. The van der Waals surface area contributed by atoms with Crippen LogP contribution in [-0.4, -0.2) is 50.8 Å². The molecule has 2 atom stereocenters. The Hall–Kier alpha value is -0.120. The van der Waals surface area contributed by atoms with Gasteiger partial charge in [0.15, 0.2) is 0 Å². The molecule has 3 heteroatoms. The molecule has 1 N–H and O–H groups in total. The monoisotopic (exact) mass is 270 g/mol. The van der Waals surface area contributed by atoms with E-state index in [0.717, 1.165) is 38.1 Å². The molecular weight excluding hydrogens is 236 g/mol. The summed E-state index contributed by atoms with van der Waals surface area (Å²) in [5, 5.41) is 3.61. The lowest BCUT2D eigenvalue weighted by atomic mass is 9.98. The van der Waals surface area contributed by atoms with Gasteiger partial charge in [0.1, 0.15) is 0 Å². The third-order valence-corrected chi connectivity index (χ3v) is 4.04. The van der Waals surface area contributed by atoms with E-state index < -0.39 is 0 Å². The normalized spacial score (nSPS) is 22.4. The number of likely N-dealkylation sites (N-methyl/N-ethyl adjacent to an activating group) is 1. The Labute approximate surface area is 120 Å². The largest absolute Gasteiger partial charge is 0.381 e. The van der Waals surface area contributed by atoms with E-state index in [1.807, 2.05) is 0 Å². The van der Waals surface area contributed by atoms with E-state index >= 15 is 0 Å². The molecule has 114 valence electrons. The number of hydrogen-bond acceptors (Lipinski definition) is 3. The summed E-state index contributed by atoms with van der Waals surface area (Å²) in [6.07, 6.45) is 2.56. The third kappa shape index (κ3) is 6.73. The maximum Gasteiger partial charge on any atom is 0.0506 e. The van der Waals surface area contributed by atoms with Crippen LogP contribution in [0.4, 0.5) is 0 Å². The van der Waals surface area contributed by atoms with Gasteiger partial charge in [-0.3, -0.25) is 0 Å². The molecule has 0 aliphatic carbocycles. The van der Waals surface area contributed by atoms with Gasteiger partial charge in [-0.25, -0.2) is 0 Å². The van der Waals surface area contributed by atoms with Gasteiger partial charge in [0.05, 0.1) is 6.61 Å². The maximum atomic E-state index is 5.59. The standard InChI is InChI=1S/C16H34N2O/c1-13(2)9-17-10-16(14(3)4)18(5)11-15-7-6-8-19-12-15/h13-17H,6-12H2,1-5H3. The molecule has 1 heterocycles. The minimum atomic E-state index is 0.626. The van der Waals surface area contributed by atoms with Gasteiger partial charge < -0.3 is 15.0 Å². The van der Waals surface area contributed by atoms with Gasteiger partial charge in [-0.1, -0.05) is 27.7 Å². The lowest BCUT2D eigenvalue weighted by Crippen LogP contribution is -2.46. The van der Waals surface area contributed by atoms with Crippen molar-refractivity contribution in [3.05, 3.63) is 0 Å². The van der Waals surface area contributed by atoms with Crippen molar-refractivity contribution in [3.63, 3.8) is 0 Å². The predicted octanol–water partition coefficient (Wildman–Crippen LogP) is 2.62.